The highest BCUT2D eigenvalue weighted by Gasteiger charge is 2.18. The second-order valence-corrected chi connectivity index (χ2v) is 4.34. The molecule has 0 aliphatic carbocycles. The van der Waals surface area contributed by atoms with Crippen LogP contribution in [0, 0.1) is 5.92 Å². The maximum atomic E-state index is 3.79. The van der Waals surface area contributed by atoms with Crippen LogP contribution in [-0.4, -0.2) is 18.0 Å². The first-order valence-electron chi connectivity index (χ1n) is 6.09. The molecule has 0 bridgehead atoms. The van der Waals surface area contributed by atoms with Crippen molar-refractivity contribution in [2.45, 2.75) is 39.0 Å². The molecular formula is C14H23N. The lowest BCUT2D eigenvalue weighted by Crippen LogP contribution is -2.32. The smallest absolute Gasteiger partial charge is 0.0787 e. The van der Waals surface area contributed by atoms with Gasteiger partial charge in [-0.25, -0.2) is 0 Å². The van der Waals surface area contributed by atoms with Crippen molar-refractivity contribution in [3.63, 3.8) is 0 Å². The molecule has 0 N–H and O–H groups in total. The average molecular weight is 205 g/mol. The Morgan fingerprint density at radius 1 is 1.47 bits per heavy atom. The van der Waals surface area contributed by atoms with Crippen molar-refractivity contribution in [3.05, 3.63) is 30.7 Å². The first kappa shape index (κ1) is 12.1. The summed E-state index contributed by atoms with van der Waals surface area (Å²) in [5.41, 5.74) is 4.03. The molecular weight excluding hydrogens is 182 g/mol. The number of hydrogen-bond donors (Lipinski definition) is 0. The Morgan fingerprint density at radius 3 is 2.60 bits per heavy atom. The fourth-order valence-corrected chi connectivity index (χ4v) is 2.27. The van der Waals surface area contributed by atoms with E-state index < -0.39 is 0 Å². The van der Waals surface area contributed by atoms with Crippen LogP contribution in [-0.2, 0) is 0 Å². The highest BCUT2D eigenvalue weighted by molar-refractivity contribution is 5.13. The van der Waals surface area contributed by atoms with Crippen LogP contribution >= 0.6 is 0 Å². The molecule has 1 heteroatoms. The molecule has 0 spiro atoms. The number of unbranched alkanes of at least 4 members (excludes halogenated alkanes) is 1. The van der Waals surface area contributed by atoms with Gasteiger partial charge in [0.15, 0.2) is 0 Å². The van der Waals surface area contributed by atoms with Gasteiger partial charge in [-0.1, -0.05) is 39.3 Å². The summed E-state index contributed by atoms with van der Waals surface area (Å²) in [4.78, 5) is 2.35. The van der Waals surface area contributed by atoms with Crippen molar-refractivity contribution in [3.8, 4) is 0 Å². The van der Waals surface area contributed by atoms with Gasteiger partial charge in [-0.05, 0) is 24.8 Å². The fraction of sp³-hybridized carbons (Fsp3) is 0.643. The Kier molecular flexibility index (Phi) is 5.28. The Balaban J connectivity index is 2.35. The van der Waals surface area contributed by atoms with E-state index in [0.29, 0.717) is 0 Å². The lowest BCUT2D eigenvalue weighted by atomic mass is 9.91. The van der Waals surface area contributed by atoms with Gasteiger partial charge < -0.3 is 4.90 Å². The summed E-state index contributed by atoms with van der Waals surface area (Å²) >= 11 is 0. The molecule has 1 rings (SSSR count). The summed E-state index contributed by atoms with van der Waals surface area (Å²) < 4.78 is 0. The van der Waals surface area contributed by atoms with E-state index in [9.17, 15) is 0 Å². The van der Waals surface area contributed by atoms with Gasteiger partial charge in [-0.15, -0.1) is 5.73 Å². The highest BCUT2D eigenvalue weighted by Crippen LogP contribution is 2.24. The molecule has 84 valence electrons. The van der Waals surface area contributed by atoms with E-state index in [0.717, 1.165) is 24.7 Å². The van der Waals surface area contributed by atoms with Crippen LogP contribution in [0.4, 0.5) is 0 Å². The van der Waals surface area contributed by atoms with E-state index in [-0.39, 0.29) is 0 Å². The van der Waals surface area contributed by atoms with Crippen LogP contribution in [0.1, 0.15) is 39.0 Å². The molecule has 0 unspecified atom stereocenters. The van der Waals surface area contributed by atoms with Gasteiger partial charge in [0, 0.05) is 13.1 Å². The summed E-state index contributed by atoms with van der Waals surface area (Å²) in [6, 6.07) is 0. The van der Waals surface area contributed by atoms with Gasteiger partial charge in [0.25, 0.3) is 0 Å². The second-order valence-electron chi connectivity index (χ2n) is 4.34. The molecule has 0 aromatic rings. The van der Waals surface area contributed by atoms with Crippen molar-refractivity contribution in [2.75, 3.05) is 13.1 Å². The molecule has 0 aromatic carbocycles. The van der Waals surface area contributed by atoms with Crippen LogP contribution in [0.25, 0.3) is 0 Å². The molecule has 1 saturated heterocycles. The lowest BCUT2D eigenvalue weighted by molar-refractivity contribution is 0.222. The molecule has 1 fully saturated rings. The molecule has 1 heterocycles. The number of likely N-dealkylation sites (tertiary alicyclic amines) is 1. The third-order valence-corrected chi connectivity index (χ3v) is 3.30. The standard InChI is InChI=1S/C14H23N/c1-4-7-8-13-9-11-15(12-10-13)14(5-2)6-3/h5,13H,2-4,7-12H2,1H3. The maximum absolute atomic E-state index is 3.79. The molecule has 0 amide bonds. The minimum Gasteiger partial charge on any atom is -0.365 e. The highest BCUT2D eigenvalue weighted by atomic mass is 15.1. The summed E-state index contributed by atoms with van der Waals surface area (Å²) in [6.45, 7) is 12.1. The number of nitrogens with zero attached hydrogens (tertiary/aromatic N) is 1. The van der Waals surface area contributed by atoms with Crippen molar-refractivity contribution >= 4 is 0 Å². The van der Waals surface area contributed by atoms with Crippen molar-refractivity contribution in [1.82, 2.24) is 4.90 Å². The Morgan fingerprint density at radius 2 is 2.13 bits per heavy atom. The Labute approximate surface area is 94.2 Å². The lowest BCUT2D eigenvalue weighted by Gasteiger charge is -2.33. The number of piperidine rings is 1. The van der Waals surface area contributed by atoms with Gasteiger partial charge in [-0.2, -0.15) is 0 Å². The molecule has 1 nitrogen and oxygen atoms in total. The van der Waals surface area contributed by atoms with E-state index in [1.54, 1.807) is 0 Å². The average Bonchev–Trinajstić information content (AvgIpc) is 2.29. The normalized spacial score (nSPS) is 17.3. The summed E-state index contributed by atoms with van der Waals surface area (Å²) in [5, 5.41) is 0. The predicted molar refractivity (Wildman–Crippen MR) is 66.7 cm³/mol. The van der Waals surface area contributed by atoms with Gasteiger partial charge in [0.2, 0.25) is 0 Å². The summed E-state index contributed by atoms with van der Waals surface area (Å²) in [7, 11) is 0. The van der Waals surface area contributed by atoms with E-state index in [1.807, 2.05) is 6.08 Å². The molecule has 15 heavy (non-hydrogen) atoms. The molecule has 1 aliphatic rings. The van der Waals surface area contributed by atoms with E-state index in [2.05, 4.69) is 30.7 Å². The molecule has 0 radical (unpaired) electrons. The van der Waals surface area contributed by atoms with Crippen LogP contribution < -0.4 is 0 Å². The minimum atomic E-state index is 0.942. The van der Waals surface area contributed by atoms with Crippen molar-refractivity contribution in [2.24, 2.45) is 5.92 Å². The van der Waals surface area contributed by atoms with Gasteiger partial charge in [-0.3, -0.25) is 0 Å². The monoisotopic (exact) mass is 205 g/mol. The third-order valence-electron chi connectivity index (χ3n) is 3.30. The molecule has 0 atom stereocenters. The molecule has 0 saturated carbocycles. The molecule has 1 aliphatic heterocycles. The van der Waals surface area contributed by atoms with Gasteiger partial charge >= 0.3 is 0 Å². The largest absolute Gasteiger partial charge is 0.365 e. The zero-order chi connectivity index (χ0) is 11.1. The fourth-order valence-electron chi connectivity index (χ4n) is 2.27. The van der Waals surface area contributed by atoms with Crippen LogP contribution in [0.2, 0.25) is 0 Å². The first-order chi connectivity index (χ1) is 7.31. The number of hydrogen-bond acceptors (Lipinski definition) is 1. The molecule has 0 aromatic heterocycles. The minimum absolute atomic E-state index is 0.942. The summed E-state index contributed by atoms with van der Waals surface area (Å²) in [5.74, 6) is 0.942. The SMILES string of the molecule is C=C=C(C=C)N1CCC(CCCC)CC1. The van der Waals surface area contributed by atoms with E-state index in [4.69, 9.17) is 0 Å². The number of allylic oxidation sites excluding steroid dienone is 1. The Hall–Kier alpha value is -0.940. The number of rotatable bonds is 5. The Bertz CT molecular complexity index is 240. The zero-order valence-electron chi connectivity index (χ0n) is 9.97. The van der Waals surface area contributed by atoms with Crippen LogP contribution in [0.3, 0.4) is 0 Å². The summed E-state index contributed by atoms with van der Waals surface area (Å²) in [6.07, 6.45) is 8.62. The predicted octanol–water partition coefficient (Wildman–Crippen LogP) is 3.74. The van der Waals surface area contributed by atoms with Crippen molar-refractivity contribution in [1.29, 1.82) is 0 Å². The van der Waals surface area contributed by atoms with E-state index >= 15 is 0 Å². The maximum Gasteiger partial charge on any atom is 0.0787 e. The van der Waals surface area contributed by atoms with Crippen molar-refractivity contribution < 1.29 is 0 Å². The quantitative estimate of drug-likeness (QED) is 0.488. The first-order valence-corrected chi connectivity index (χ1v) is 6.09. The van der Waals surface area contributed by atoms with Crippen LogP contribution in [0.5, 0.6) is 0 Å². The van der Waals surface area contributed by atoms with Gasteiger partial charge in [0.05, 0.1) is 5.70 Å². The topological polar surface area (TPSA) is 3.24 Å². The second kappa shape index (κ2) is 6.53. The van der Waals surface area contributed by atoms with E-state index in [1.165, 1.54) is 32.1 Å². The van der Waals surface area contributed by atoms with Gasteiger partial charge in [0.1, 0.15) is 0 Å². The van der Waals surface area contributed by atoms with Crippen LogP contribution in [0.15, 0.2) is 30.7 Å². The third kappa shape index (κ3) is 3.60. The zero-order valence-corrected chi connectivity index (χ0v) is 9.97.